The number of nitrogens with one attached hydrogen (secondary N) is 1. The maximum atomic E-state index is 12.8. The minimum absolute atomic E-state index is 0.0618. The van der Waals surface area contributed by atoms with Crippen LogP contribution in [-0.4, -0.2) is 41.0 Å². The molecule has 0 radical (unpaired) electrons. The van der Waals surface area contributed by atoms with Crippen molar-refractivity contribution in [1.82, 2.24) is 14.8 Å². The third-order valence-electron chi connectivity index (χ3n) is 5.84. The van der Waals surface area contributed by atoms with Crippen LogP contribution in [0.15, 0.2) is 36.4 Å². The molecule has 2 aromatic heterocycles. The number of aryl methyl sites for hydroxylation is 1. The lowest BCUT2D eigenvalue weighted by molar-refractivity contribution is -0.116. The fourth-order valence-electron chi connectivity index (χ4n) is 4.37. The first-order valence-electron chi connectivity index (χ1n) is 11.3. The Balaban J connectivity index is 1.60. The van der Waals surface area contributed by atoms with Crippen LogP contribution < -0.4 is 19.5 Å². The lowest BCUT2D eigenvalue weighted by atomic mass is 9.85. The molecule has 3 heterocycles. The Morgan fingerprint density at radius 2 is 1.91 bits per heavy atom. The summed E-state index contributed by atoms with van der Waals surface area (Å²) in [6, 6.07) is 11.7. The maximum Gasteiger partial charge on any atom is 0.226 e. The summed E-state index contributed by atoms with van der Waals surface area (Å²) >= 11 is 1.50. The van der Waals surface area contributed by atoms with Crippen LogP contribution in [0.1, 0.15) is 43.0 Å². The van der Waals surface area contributed by atoms with E-state index >= 15 is 0 Å². The molecule has 1 aliphatic heterocycles. The quantitative estimate of drug-likeness (QED) is 0.399. The molecule has 4 aromatic rings. The number of rotatable bonds is 7. The predicted octanol–water partition coefficient (Wildman–Crippen LogP) is 5.07. The molecule has 1 atom stereocenters. The van der Waals surface area contributed by atoms with Crippen molar-refractivity contribution >= 4 is 33.3 Å². The van der Waals surface area contributed by atoms with Crippen LogP contribution in [0.5, 0.6) is 17.2 Å². The van der Waals surface area contributed by atoms with E-state index in [0.29, 0.717) is 42.1 Å². The second kappa shape index (κ2) is 8.98. The summed E-state index contributed by atoms with van der Waals surface area (Å²) in [6.07, 6.45) is 0.329. The summed E-state index contributed by atoms with van der Waals surface area (Å²) in [6.45, 7) is 6.93. The van der Waals surface area contributed by atoms with Crippen molar-refractivity contribution in [3.8, 4) is 22.4 Å². The number of carbonyl (C=O) groups is 1. The second-order valence-corrected chi connectivity index (χ2v) is 8.98. The SMILES string of the molecule is CCOc1ccc(C2CC(=O)Nc3c2c(C)nn3-c2nc3ccc(OC)cc3s2)cc1OCC. The van der Waals surface area contributed by atoms with Gasteiger partial charge in [0.25, 0.3) is 0 Å². The van der Waals surface area contributed by atoms with Gasteiger partial charge in [-0.15, -0.1) is 0 Å². The fourth-order valence-corrected chi connectivity index (χ4v) is 5.32. The van der Waals surface area contributed by atoms with Crippen LogP contribution in [0.25, 0.3) is 15.3 Å². The average molecular weight is 479 g/mol. The molecule has 34 heavy (non-hydrogen) atoms. The van der Waals surface area contributed by atoms with Crippen molar-refractivity contribution in [2.45, 2.75) is 33.1 Å². The zero-order valence-corrected chi connectivity index (χ0v) is 20.4. The number of fused-ring (bicyclic) bond motifs is 2. The largest absolute Gasteiger partial charge is 0.497 e. The highest BCUT2D eigenvalue weighted by Gasteiger charge is 2.33. The van der Waals surface area contributed by atoms with E-state index in [1.165, 1.54) is 11.3 Å². The molecule has 0 saturated heterocycles. The van der Waals surface area contributed by atoms with Gasteiger partial charge in [-0.1, -0.05) is 17.4 Å². The number of benzene rings is 2. The van der Waals surface area contributed by atoms with Gasteiger partial charge in [0.1, 0.15) is 11.6 Å². The van der Waals surface area contributed by atoms with Gasteiger partial charge in [0.05, 0.1) is 36.2 Å². The number of hydrogen-bond acceptors (Lipinski definition) is 7. The summed E-state index contributed by atoms with van der Waals surface area (Å²) in [5.41, 5.74) is 3.68. The minimum Gasteiger partial charge on any atom is -0.497 e. The van der Waals surface area contributed by atoms with Crippen molar-refractivity contribution in [3.05, 3.63) is 53.2 Å². The van der Waals surface area contributed by atoms with Crippen molar-refractivity contribution in [2.24, 2.45) is 0 Å². The molecule has 1 unspecified atom stereocenters. The molecule has 1 amide bonds. The number of anilines is 1. The molecule has 9 heteroatoms. The van der Waals surface area contributed by atoms with Gasteiger partial charge in [0.2, 0.25) is 11.0 Å². The lowest BCUT2D eigenvalue weighted by Crippen LogP contribution is -2.25. The average Bonchev–Trinajstić information content (AvgIpc) is 3.40. The molecule has 0 saturated carbocycles. The molecule has 0 bridgehead atoms. The van der Waals surface area contributed by atoms with Crippen LogP contribution in [0.4, 0.5) is 5.82 Å². The Morgan fingerprint density at radius 1 is 1.12 bits per heavy atom. The maximum absolute atomic E-state index is 12.8. The molecular formula is C25H26N4O4S. The topological polar surface area (TPSA) is 87.5 Å². The summed E-state index contributed by atoms with van der Waals surface area (Å²) < 4.78 is 19.6. The number of hydrogen-bond donors (Lipinski definition) is 1. The highest BCUT2D eigenvalue weighted by molar-refractivity contribution is 7.20. The summed E-state index contributed by atoms with van der Waals surface area (Å²) in [5.74, 6) is 2.60. The smallest absolute Gasteiger partial charge is 0.226 e. The van der Waals surface area contributed by atoms with Gasteiger partial charge >= 0.3 is 0 Å². The Labute approximate surface area is 201 Å². The van der Waals surface area contributed by atoms with Crippen LogP contribution in [0.2, 0.25) is 0 Å². The normalized spacial score (nSPS) is 15.2. The van der Waals surface area contributed by atoms with Gasteiger partial charge in [0.15, 0.2) is 11.5 Å². The highest BCUT2D eigenvalue weighted by atomic mass is 32.1. The highest BCUT2D eigenvalue weighted by Crippen LogP contribution is 2.43. The molecule has 0 aliphatic carbocycles. The first-order chi connectivity index (χ1) is 16.5. The van der Waals surface area contributed by atoms with Crippen molar-refractivity contribution < 1.29 is 19.0 Å². The number of aromatic nitrogens is 3. The Kier molecular flexibility index (Phi) is 5.87. The van der Waals surface area contributed by atoms with E-state index in [4.69, 9.17) is 24.3 Å². The molecular weight excluding hydrogens is 452 g/mol. The van der Waals surface area contributed by atoms with E-state index in [-0.39, 0.29) is 11.8 Å². The van der Waals surface area contributed by atoms with Crippen LogP contribution >= 0.6 is 11.3 Å². The van der Waals surface area contributed by atoms with Crippen LogP contribution in [0, 0.1) is 6.92 Å². The number of nitrogens with zero attached hydrogens (tertiary/aromatic N) is 3. The molecule has 176 valence electrons. The number of thiazole rings is 1. The van der Waals surface area contributed by atoms with Gasteiger partial charge in [-0.2, -0.15) is 9.78 Å². The van der Waals surface area contributed by atoms with Gasteiger partial charge < -0.3 is 19.5 Å². The van der Waals surface area contributed by atoms with Gasteiger partial charge in [-0.05, 0) is 56.7 Å². The zero-order valence-electron chi connectivity index (χ0n) is 19.5. The molecule has 0 spiro atoms. The summed E-state index contributed by atoms with van der Waals surface area (Å²) in [7, 11) is 1.64. The summed E-state index contributed by atoms with van der Waals surface area (Å²) in [5, 5.41) is 8.50. The van der Waals surface area contributed by atoms with E-state index in [9.17, 15) is 4.79 Å². The Bertz CT molecular complexity index is 1380. The third kappa shape index (κ3) is 3.86. The Morgan fingerprint density at radius 3 is 2.68 bits per heavy atom. The van der Waals surface area contributed by atoms with Gasteiger partial charge in [0, 0.05) is 17.9 Å². The molecule has 2 aromatic carbocycles. The first-order valence-corrected chi connectivity index (χ1v) is 12.1. The Hall–Kier alpha value is -3.59. The van der Waals surface area contributed by atoms with Gasteiger partial charge in [-0.3, -0.25) is 4.79 Å². The lowest BCUT2D eigenvalue weighted by Gasteiger charge is -2.25. The minimum atomic E-state index is -0.151. The van der Waals surface area contributed by atoms with E-state index < -0.39 is 0 Å². The van der Waals surface area contributed by atoms with E-state index in [2.05, 4.69) is 5.32 Å². The molecule has 8 nitrogen and oxygen atoms in total. The molecule has 1 aliphatic rings. The number of ether oxygens (including phenoxy) is 3. The van der Waals surface area contributed by atoms with Gasteiger partial charge in [-0.25, -0.2) is 4.98 Å². The van der Waals surface area contributed by atoms with E-state index in [1.807, 2.05) is 57.2 Å². The first kappa shape index (κ1) is 22.2. The van der Waals surface area contributed by atoms with Crippen LogP contribution in [-0.2, 0) is 4.79 Å². The van der Waals surface area contributed by atoms with Crippen molar-refractivity contribution in [2.75, 3.05) is 25.6 Å². The predicted molar refractivity (Wildman–Crippen MR) is 132 cm³/mol. The molecule has 1 N–H and O–H groups in total. The third-order valence-corrected chi connectivity index (χ3v) is 6.83. The van der Waals surface area contributed by atoms with Crippen molar-refractivity contribution in [1.29, 1.82) is 0 Å². The molecule has 0 fully saturated rings. The van der Waals surface area contributed by atoms with E-state index in [1.54, 1.807) is 11.8 Å². The van der Waals surface area contributed by atoms with Crippen molar-refractivity contribution in [3.63, 3.8) is 0 Å². The van der Waals surface area contributed by atoms with E-state index in [0.717, 1.165) is 32.8 Å². The molecule has 5 rings (SSSR count). The zero-order chi connectivity index (χ0) is 23.8. The number of carbonyl (C=O) groups excluding carboxylic acids is 1. The number of methoxy groups -OCH3 is 1. The summed E-state index contributed by atoms with van der Waals surface area (Å²) in [4.78, 5) is 17.5. The van der Waals surface area contributed by atoms with Crippen LogP contribution in [0.3, 0.4) is 0 Å². The standard InChI is InChI=1S/C25H26N4O4S/c1-5-32-19-10-7-15(11-20(19)33-6-2)17-13-22(30)27-24-23(17)14(3)28-29(24)25-26-18-9-8-16(31-4)12-21(18)34-25/h7-12,17H,5-6,13H2,1-4H3,(H,27,30). The fraction of sp³-hybridized carbons (Fsp3) is 0.320. The second-order valence-electron chi connectivity index (χ2n) is 7.97. The monoisotopic (exact) mass is 478 g/mol. The number of amides is 1.